The van der Waals surface area contributed by atoms with Crippen LogP contribution >= 0.6 is 22.9 Å². The molecule has 0 radical (unpaired) electrons. The summed E-state index contributed by atoms with van der Waals surface area (Å²) >= 11 is 7.82. The first-order chi connectivity index (χ1) is 8.83. The molecule has 2 heterocycles. The highest BCUT2D eigenvalue weighted by Gasteiger charge is 2.08. The predicted molar refractivity (Wildman–Crippen MR) is 76.2 cm³/mol. The van der Waals surface area contributed by atoms with Crippen LogP contribution in [0.1, 0.15) is 11.4 Å². The van der Waals surface area contributed by atoms with Crippen LogP contribution in [0.25, 0.3) is 10.4 Å². The summed E-state index contributed by atoms with van der Waals surface area (Å²) in [6.07, 6.45) is 4.41. The summed E-state index contributed by atoms with van der Waals surface area (Å²) in [6.45, 7) is 0. The highest BCUT2D eigenvalue weighted by Crippen LogP contribution is 2.31. The quantitative estimate of drug-likeness (QED) is 0.754. The van der Waals surface area contributed by atoms with Gasteiger partial charge in [0.2, 0.25) is 0 Å². The van der Waals surface area contributed by atoms with Crippen LogP contribution in [-0.2, 0) is 6.42 Å². The van der Waals surface area contributed by atoms with E-state index in [1.54, 1.807) is 17.5 Å². The SMILES string of the molecule is Clc1ccc(Cc2ncc[nH]2)c(-c2cccs2)c1. The molecule has 0 unspecified atom stereocenters. The summed E-state index contributed by atoms with van der Waals surface area (Å²) in [5.41, 5.74) is 2.42. The minimum absolute atomic E-state index is 0.765. The van der Waals surface area contributed by atoms with Crippen molar-refractivity contribution in [2.45, 2.75) is 6.42 Å². The molecule has 2 aromatic heterocycles. The standard InChI is InChI=1S/C14H11ClN2S/c15-11-4-3-10(8-14-16-5-6-17-14)12(9-11)13-2-1-7-18-13/h1-7,9H,8H2,(H,16,17). The van der Waals surface area contributed by atoms with Crippen molar-refractivity contribution in [3.63, 3.8) is 0 Å². The molecular weight excluding hydrogens is 264 g/mol. The lowest BCUT2D eigenvalue weighted by atomic mass is 10.0. The van der Waals surface area contributed by atoms with Gasteiger partial charge in [-0.15, -0.1) is 11.3 Å². The Balaban J connectivity index is 2.03. The summed E-state index contributed by atoms with van der Waals surface area (Å²) < 4.78 is 0. The third kappa shape index (κ3) is 2.33. The number of imidazole rings is 1. The monoisotopic (exact) mass is 274 g/mol. The average Bonchev–Trinajstić information content (AvgIpc) is 3.04. The molecule has 3 aromatic rings. The molecule has 0 amide bonds. The van der Waals surface area contributed by atoms with E-state index in [-0.39, 0.29) is 0 Å². The van der Waals surface area contributed by atoms with Crippen LogP contribution in [0.5, 0.6) is 0 Å². The molecule has 4 heteroatoms. The number of benzene rings is 1. The Bertz CT molecular complexity index is 630. The largest absolute Gasteiger partial charge is 0.348 e. The second kappa shape index (κ2) is 4.96. The highest BCUT2D eigenvalue weighted by atomic mass is 35.5. The highest BCUT2D eigenvalue weighted by molar-refractivity contribution is 7.13. The van der Waals surface area contributed by atoms with Gasteiger partial charge in [-0.1, -0.05) is 23.7 Å². The molecule has 0 bridgehead atoms. The van der Waals surface area contributed by atoms with Gasteiger partial charge in [0.1, 0.15) is 5.82 Å². The van der Waals surface area contributed by atoms with E-state index in [1.807, 2.05) is 18.3 Å². The van der Waals surface area contributed by atoms with E-state index in [4.69, 9.17) is 11.6 Å². The Hall–Kier alpha value is -1.58. The maximum atomic E-state index is 6.10. The van der Waals surface area contributed by atoms with Gasteiger partial charge in [-0.2, -0.15) is 0 Å². The maximum absolute atomic E-state index is 6.10. The van der Waals surface area contributed by atoms with Gasteiger partial charge in [0, 0.05) is 28.7 Å². The molecule has 0 aliphatic heterocycles. The van der Waals surface area contributed by atoms with Crippen molar-refractivity contribution in [1.82, 2.24) is 9.97 Å². The minimum Gasteiger partial charge on any atom is -0.348 e. The second-order valence-electron chi connectivity index (χ2n) is 3.99. The third-order valence-electron chi connectivity index (χ3n) is 2.77. The van der Waals surface area contributed by atoms with Gasteiger partial charge in [-0.05, 0) is 34.7 Å². The van der Waals surface area contributed by atoms with Crippen molar-refractivity contribution in [3.05, 3.63) is 64.5 Å². The summed E-state index contributed by atoms with van der Waals surface area (Å²) in [4.78, 5) is 8.64. The van der Waals surface area contributed by atoms with Crippen LogP contribution in [0, 0.1) is 0 Å². The van der Waals surface area contributed by atoms with Crippen LogP contribution < -0.4 is 0 Å². The fourth-order valence-corrected chi connectivity index (χ4v) is 2.89. The fraction of sp³-hybridized carbons (Fsp3) is 0.0714. The molecule has 18 heavy (non-hydrogen) atoms. The Morgan fingerprint density at radius 1 is 1.28 bits per heavy atom. The number of halogens is 1. The Morgan fingerprint density at radius 3 is 2.94 bits per heavy atom. The van der Waals surface area contributed by atoms with Crippen molar-refractivity contribution in [2.75, 3.05) is 0 Å². The average molecular weight is 275 g/mol. The Labute approximate surface area is 114 Å². The van der Waals surface area contributed by atoms with Gasteiger partial charge in [0.05, 0.1) is 0 Å². The molecule has 0 aliphatic carbocycles. The maximum Gasteiger partial charge on any atom is 0.110 e. The lowest BCUT2D eigenvalue weighted by molar-refractivity contribution is 1.03. The lowest BCUT2D eigenvalue weighted by Gasteiger charge is -2.07. The number of aromatic nitrogens is 2. The second-order valence-corrected chi connectivity index (χ2v) is 5.38. The van der Waals surface area contributed by atoms with E-state index in [0.29, 0.717) is 0 Å². The topological polar surface area (TPSA) is 28.7 Å². The Morgan fingerprint density at radius 2 is 2.22 bits per heavy atom. The first kappa shape index (κ1) is 11.5. The zero-order valence-corrected chi connectivity index (χ0v) is 11.1. The molecular formula is C14H11ClN2S. The zero-order chi connectivity index (χ0) is 12.4. The van der Waals surface area contributed by atoms with Crippen molar-refractivity contribution in [3.8, 4) is 10.4 Å². The van der Waals surface area contributed by atoms with E-state index in [9.17, 15) is 0 Å². The zero-order valence-electron chi connectivity index (χ0n) is 9.56. The smallest absolute Gasteiger partial charge is 0.110 e. The van der Waals surface area contributed by atoms with Crippen LogP contribution in [0.3, 0.4) is 0 Å². The van der Waals surface area contributed by atoms with E-state index >= 15 is 0 Å². The number of aromatic amines is 1. The number of nitrogens with one attached hydrogen (secondary N) is 1. The molecule has 2 nitrogen and oxygen atoms in total. The number of nitrogens with zero attached hydrogens (tertiary/aromatic N) is 1. The first-order valence-corrected chi connectivity index (χ1v) is 6.89. The predicted octanol–water partition coefficient (Wildman–Crippen LogP) is 4.38. The molecule has 0 saturated carbocycles. The molecule has 0 aliphatic rings. The van der Waals surface area contributed by atoms with Crippen molar-refractivity contribution >= 4 is 22.9 Å². The van der Waals surface area contributed by atoms with Gasteiger partial charge in [0.15, 0.2) is 0 Å². The molecule has 1 aromatic carbocycles. The van der Waals surface area contributed by atoms with Crippen LogP contribution in [0.15, 0.2) is 48.1 Å². The molecule has 90 valence electrons. The molecule has 0 spiro atoms. The Kier molecular flexibility index (Phi) is 3.17. The van der Waals surface area contributed by atoms with Gasteiger partial charge in [0.25, 0.3) is 0 Å². The van der Waals surface area contributed by atoms with Gasteiger partial charge >= 0.3 is 0 Å². The summed E-state index contributed by atoms with van der Waals surface area (Å²) in [7, 11) is 0. The number of thiophene rings is 1. The summed E-state index contributed by atoms with van der Waals surface area (Å²) in [5, 5.41) is 2.84. The molecule has 0 atom stereocenters. The summed E-state index contributed by atoms with van der Waals surface area (Å²) in [6, 6.07) is 10.2. The molecule has 3 rings (SSSR count). The summed E-state index contributed by atoms with van der Waals surface area (Å²) in [5.74, 6) is 0.968. The minimum atomic E-state index is 0.765. The normalized spacial score (nSPS) is 10.7. The first-order valence-electron chi connectivity index (χ1n) is 5.63. The van der Waals surface area contributed by atoms with E-state index < -0.39 is 0 Å². The molecule has 1 N–H and O–H groups in total. The van der Waals surface area contributed by atoms with Gasteiger partial charge in [-0.25, -0.2) is 4.98 Å². The lowest BCUT2D eigenvalue weighted by Crippen LogP contribution is -1.93. The van der Waals surface area contributed by atoms with E-state index in [2.05, 4.69) is 33.5 Å². The van der Waals surface area contributed by atoms with Crippen molar-refractivity contribution in [1.29, 1.82) is 0 Å². The van der Waals surface area contributed by atoms with Gasteiger partial charge < -0.3 is 4.98 Å². The van der Waals surface area contributed by atoms with Crippen LogP contribution in [-0.4, -0.2) is 9.97 Å². The van der Waals surface area contributed by atoms with Crippen molar-refractivity contribution < 1.29 is 0 Å². The number of rotatable bonds is 3. The van der Waals surface area contributed by atoms with Gasteiger partial charge in [-0.3, -0.25) is 0 Å². The number of H-pyrrole nitrogens is 1. The fourth-order valence-electron chi connectivity index (χ4n) is 1.94. The van der Waals surface area contributed by atoms with Crippen LogP contribution in [0.4, 0.5) is 0 Å². The number of hydrogen-bond acceptors (Lipinski definition) is 2. The van der Waals surface area contributed by atoms with Crippen molar-refractivity contribution in [2.24, 2.45) is 0 Å². The third-order valence-corrected chi connectivity index (χ3v) is 3.91. The molecule has 0 fully saturated rings. The van der Waals surface area contributed by atoms with Crippen LogP contribution in [0.2, 0.25) is 5.02 Å². The number of hydrogen-bond donors (Lipinski definition) is 1. The molecule has 0 saturated heterocycles. The van der Waals surface area contributed by atoms with E-state index in [0.717, 1.165) is 17.3 Å². The van der Waals surface area contributed by atoms with E-state index in [1.165, 1.54) is 16.0 Å².